The van der Waals surface area contributed by atoms with E-state index < -0.39 is 10.0 Å². The molecule has 1 aromatic carbocycles. The number of carbonyl (C=O) groups is 1. The number of hydrogen-bond acceptors (Lipinski definition) is 6. The maximum Gasteiger partial charge on any atom is 0.244 e. The van der Waals surface area contributed by atoms with Gasteiger partial charge in [0.25, 0.3) is 0 Å². The van der Waals surface area contributed by atoms with Crippen LogP contribution in [0.4, 0.5) is 5.69 Å². The van der Waals surface area contributed by atoms with Crippen LogP contribution in [-0.2, 0) is 14.8 Å². The first-order valence-electron chi connectivity index (χ1n) is 8.96. The average Bonchev–Trinajstić information content (AvgIpc) is 3.08. The zero-order valence-corrected chi connectivity index (χ0v) is 16.7. The Morgan fingerprint density at radius 2 is 2.22 bits per heavy atom. The fourth-order valence-electron chi connectivity index (χ4n) is 3.02. The first-order chi connectivity index (χ1) is 12.8. The maximum absolute atomic E-state index is 12.8. The van der Waals surface area contributed by atoms with Crippen LogP contribution in [0.2, 0.25) is 0 Å². The molecule has 2 N–H and O–H groups in total. The molecule has 27 heavy (non-hydrogen) atoms. The van der Waals surface area contributed by atoms with Gasteiger partial charge >= 0.3 is 0 Å². The van der Waals surface area contributed by atoms with Gasteiger partial charge in [-0.3, -0.25) is 4.79 Å². The van der Waals surface area contributed by atoms with Crippen LogP contribution < -0.4 is 14.8 Å². The van der Waals surface area contributed by atoms with Crippen LogP contribution in [0.1, 0.15) is 33.1 Å². The third-order valence-corrected chi connectivity index (χ3v) is 6.08. The Hall–Kier alpha value is -2.31. The molecule has 148 valence electrons. The van der Waals surface area contributed by atoms with Crippen molar-refractivity contribution in [2.45, 2.75) is 44.0 Å². The first kappa shape index (κ1) is 21.0. The van der Waals surface area contributed by atoms with Gasteiger partial charge in [0.2, 0.25) is 15.9 Å². The van der Waals surface area contributed by atoms with Crippen LogP contribution in [0, 0.1) is 17.4 Å². The molecule has 9 heteroatoms. The van der Waals surface area contributed by atoms with Gasteiger partial charge < -0.3 is 15.0 Å². The van der Waals surface area contributed by atoms with Crippen LogP contribution >= 0.6 is 0 Å². The van der Waals surface area contributed by atoms with Gasteiger partial charge in [0.1, 0.15) is 10.6 Å². The molecule has 2 atom stereocenters. The topological polar surface area (TPSA) is 112 Å². The predicted octanol–water partition coefficient (Wildman–Crippen LogP) is 1.90. The fraction of sp³-hybridized carbons (Fsp3) is 0.556. The number of amides is 1. The Balaban J connectivity index is 2.21. The van der Waals surface area contributed by atoms with Gasteiger partial charge in [-0.1, -0.05) is 20.3 Å². The van der Waals surface area contributed by atoms with Gasteiger partial charge in [-0.05, 0) is 31.0 Å². The van der Waals surface area contributed by atoms with Crippen molar-refractivity contribution in [3.8, 4) is 11.9 Å². The lowest BCUT2D eigenvalue weighted by molar-refractivity contribution is -0.119. The number of nitriles is 1. The molecule has 0 spiro atoms. The van der Waals surface area contributed by atoms with Crippen molar-refractivity contribution >= 4 is 21.6 Å². The molecule has 0 aromatic heterocycles. The molecule has 1 heterocycles. The molecule has 1 saturated heterocycles. The van der Waals surface area contributed by atoms with Gasteiger partial charge in [-0.25, -0.2) is 13.1 Å². The lowest BCUT2D eigenvalue weighted by atomic mass is 10.1. The lowest BCUT2D eigenvalue weighted by Crippen LogP contribution is -2.36. The van der Waals surface area contributed by atoms with E-state index in [1.54, 1.807) is 6.07 Å². The van der Waals surface area contributed by atoms with Gasteiger partial charge in [0, 0.05) is 30.7 Å². The Kier molecular flexibility index (Phi) is 7.05. The quantitative estimate of drug-likeness (QED) is 0.652. The summed E-state index contributed by atoms with van der Waals surface area (Å²) in [5, 5.41) is 11.7. The first-order valence-corrected chi connectivity index (χ1v) is 10.4. The Morgan fingerprint density at radius 3 is 2.81 bits per heavy atom. The third-order valence-electron chi connectivity index (χ3n) is 4.54. The second-order valence-electron chi connectivity index (χ2n) is 6.70. The van der Waals surface area contributed by atoms with E-state index in [1.807, 2.05) is 20.0 Å². The van der Waals surface area contributed by atoms with E-state index >= 15 is 0 Å². The van der Waals surface area contributed by atoms with E-state index in [-0.39, 0.29) is 28.5 Å². The summed E-state index contributed by atoms with van der Waals surface area (Å²) < 4.78 is 33.5. The molecule has 1 unspecified atom stereocenters. The number of rotatable bonds is 8. The number of benzene rings is 1. The number of ether oxygens (including phenoxy) is 1. The summed E-state index contributed by atoms with van der Waals surface area (Å²) in [7, 11) is -2.48. The molecule has 1 aromatic rings. The molecule has 0 radical (unpaired) electrons. The molecule has 0 aliphatic carbocycles. The van der Waals surface area contributed by atoms with Crippen molar-refractivity contribution in [1.29, 1.82) is 5.26 Å². The summed E-state index contributed by atoms with van der Waals surface area (Å²) in [5.41, 5.74) is 0.397. The molecule has 0 bridgehead atoms. The van der Waals surface area contributed by atoms with Crippen LogP contribution in [0.3, 0.4) is 0 Å². The second kappa shape index (κ2) is 9.06. The third kappa shape index (κ3) is 5.34. The minimum absolute atomic E-state index is 0.0404. The van der Waals surface area contributed by atoms with Crippen LogP contribution in [0.15, 0.2) is 23.1 Å². The minimum Gasteiger partial charge on any atom is -0.495 e. The molecular formula is C18H26N4O4S. The number of nitrogens with one attached hydrogen (secondary N) is 2. The Morgan fingerprint density at radius 1 is 1.48 bits per heavy atom. The van der Waals surface area contributed by atoms with Crippen molar-refractivity contribution in [2.75, 3.05) is 25.5 Å². The van der Waals surface area contributed by atoms with Crippen LogP contribution in [0.25, 0.3) is 0 Å². The van der Waals surface area contributed by atoms with Crippen molar-refractivity contribution in [1.82, 2.24) is 9.62 Å². The van der Waals surface area contributed by atoms with Crippen molar-refractivity contribution in [3.05, 3.63) is 18.2 Å². The normalized spacial score (nSPS) is 18.0. The smallest absolute Gasteiger partial charge is 0.244 e. The van der Waals surface area contributed by atoms with Gasteiger partial charge in [-0.2, -0.15) is 5.26 Å². The summed E-state index contributed by atoms with van der Waals surface area (Å²) in [6, 6.07) is 4.18. The number of likely N-dealkylation sites (tertiary alicyclic amines) is 1. The number of anilines is 1. The Labute approximate surface area is 160 Å². The number of carbonyl (C=O) groups excluding carboxylic acids is 1. The lowest BCUT2D eigenvalue weighted by Gasteiger charge is -2.17. The highest BCUT2D eigenvalue weighted by Gasteiger charge is 2.29. The van der Waals surface area contributed by atoms with E-state index in [2.05, 4.69) is 10.0 Å². The van der Waals surface area contributed by atoms with Crippen molar-refractivity contribution in [2.24, 2.45) is 5.92 Å². The highest BCUT2D eigenvalue weighted by molar-refractivity contribution is 7.89. The Bertz CT molecular complexity index is 819. The SMILES string of the molecule is CCCC(C)C(=O)Nc1ccc(OC)c(S(=O)(=O)N[C@@H]2CCN(C#N)C2)c1. The van der Waals surface area contributed by atoms with E-state index in [1.165, 1.54) is 24.1 Å². The standard InChI is InChI=1S/C18H26N4O4S/c1-4-5-13(2)18(23)20-14-6-7-16(26-3)17(10-14)27(24,25)21-15-8-9-22(11-15)12-19/h6-7,10,13,15,21H,4-5,8-9,11H2,1-3H3,(H,20,23)/t13?,15-/m1/s1. The molecular weight excluding hydrogens is 368 g/mol. The number of nitrogens with zero attached hydrogens (tertiary/aromatic N) is 2. The monoisotopic (exact) mass is 394 g/mol. The summed E-state index contributed by atoms with van der Waals surface area (Å²) in [5.74, 6) is -0.123. The highest BCUT2D eigenvalue weighted by Crippen LogP contribution is 2.28. The van der Waals surface area contributed by atoms with E-state index in [0.717, 1.165) is 12.8 Å². The number of sulfonamides is 1. The van der Waals surface area contributed by atoms with Gasteiger partial charge in [-0.15, -0.1) is 0 Å². The summed E-state index contributed by atoms with van der Waals surface area (Å²) >= 11 is 0. The van der Waals surface area contributed by atoms with E-state index in [0.29, 0.717) is 25.2 Å². The molecule has 2 rings (SSSR count). The molecule has 1 aliphatic heterocycles. The average molecular weight is 394 g/mol. The maximum atomic E-state index is 12.8. The van der Waals surface area contributed by atoms with Crippen LogP contribution in [-0.4, -0.2) is 45.5 Å². The highest BCUT2D eigenvalue weighted by atomic mass is 32.2. The zero-order valence-electron chi connectivity index (χ0n) is 15.9. The predicted molar refractivity (Wildman–Crippen MR) is 102 cm³/mol. The van der Waals surface area contributed by atoms with Gasteiger partial charge in [0.05, 0.1) is 7.11 Å². The number of methoxy groups -OCH3 is 1. The van der Waals surface area contributed by atoms with Crippen molar-refractivity contribution in [3.63, 3.8) is 0 Å². The number of hydrogen-bond donors (Lipinski definition) is 2. The summed E-state index contributed by atoms with van der Waals surface area (Å²) in [4.78, 5) is 13.7. The van der Waals surface area contributed by atoms with E-state index in [9.17, 15) is 13.2 Å². The molecule has 1 amide bonds. The van der Waals surface area contributed by atoms with Crippen LogP contribution in [0.5, 0.6) is 5.75 Å². The van der Waals surface area contributed by atoms with Gasteiger partial charge in [0.15, 0.2) is 6.19 Å². The molecule has 1 fully saturated rings. The zero-order chi connectivity index (χ0) is 20.0. The molecule has 0 saturated carbocycles. The minimum atomic E-state index is -3.87. The fourth-order valence-corrected chi connectivity index (χ4v) is 4.48. The summed E-state index contributed by atoms with van der Waals surface area (Å²) in [6.07, 6.45) is 4.22. The summed E-state index contributed by atoms with van der Waals surface area (Å²) in [6.45, 7) is 4.70. The van der Waals surface area contributed by atoms with E-state index in [4.69, 9.17) is 10.00 Å². The molecule has 1 aliphatic rings. The second-order valence-corrected chi connectivity index (χ2v) is 8.38. The molecule has 8 nitrogen and oxygen atoms in total. The van der Waals surface area contributed by atoms with Crippen molar-refractivity contribution < 1.29 is 17.9 Å². The largest absolute Gasteiger partial charge is 0.495 e.